The monoisotopic (exact) mass is 289 g/mol. The lowest BCUT2D eigenvalue weighted by Crippen LogP contribution is -2.43. The Labute approximate surface area is 122 Å². The van der Waals surface area contributed by atoms with Crippen molar-refractivity contribution < 1.29 is 20.4 Å². The molecule has 0 bridgehead atoms. The molecule has 0 saturated carbocycles. The van der Waals surface area contributed by atoms with Gasteiger partial charge in [0.15, 0.2) is 0 Å². The van der Waals surface area contributed by atoms with E-state index in [0.717, 1.165) is 19.4 Å². The standard InChI is InChI=1S/C15H31NO4/c1-2-3-4-5-6-7-8-9-16-10-12(17)14(19)15(20)13(18)11-16/h12-15,17-20H,2-11H2,1H3/t12-,13-,14-,15-/m1/s1. The van der Waals surface area contributed by atoms with Gasteiger partial charge in [-0.05, 0) is 13.0 Å². The normalized spacial score (nSPS) is 32.2. The van der Waals surface area contributed by atoms with Crippen LogP contribution in [-0.2, 0) is 0 Å². The molecule has 4 N–H and O–H groups in total. The molecule has 20 heavy (non-hydrogen) atoms. The molecule has 1 saturated heterocycles. The van der Waals surface area contributed by atoms with Crippen molar-refractivity contribution >= 4 is 0 Å². The van der Waals surface area contributed by atoms with E-state index >= 15 is 0 Å². The highest BCUT2D eigenvalue weighted by Gasteiger charge is 2.35. The molecule has 0 unspecified atom stereocenters. The van der Waals surface area contributed by atoms with Crippen molar-refractivity contribution in [3.8, 4) is 0 Å². The molecule has 1 rings (SSSR count). The number of rotatable bonds is 8. The molecule has 1 fully saturated rings. The summed E-state index contributed by atoms with van der Waals surface area (Å²) in [6.07, 6.45) is 4.03. The van der Waals surface area contributed by atoms with Gasteiger partial charge in [0.05, 0.1) is 12.2 Å². The van der Waals surface area contributed by atoms with Gasteiger partial charge in [-0.2, -0.15) is 0 Å². The minimum absolute atomic E-state index is 0.311. The fourth-order valence-electron chi connectivity index (χ4n) is 2.75. The van der Waals surface area contributed by atoms with Crippen LogP contribution in [0.25, 0.3) is 0 Å². The van der Waals surface area contributed by atoms with Crippen molar-refractivity contribution in [1.82, 2.24) is 4.90 Å². The molecule has 0 amide bonds. The van der Waals surface area contributed by atoms with E-state index in [1.807, 2.05) is 4.90 Å². The van der Waals surface area contributed by atoms with Crippen molar-refractivity contribution in [3.05, 3.63) is 0 Å². The molecular weight excluding hydrogens is 258 g/mol. The van der Waals surface area contributed by atoms with E-state index in [2.05, 4.69) is 6.92 Å². The number of aliphatic hydroxyl groups excluding tert-OH is 4. The first-order valence-corrected chi connectivity index (χ1v) is 8.01. The summed E-state index contributed by atoms with van der Waals surface area (Å²) in [5.74, 6) is 0. The molecule has 0 aromatic heterocycles. The maximum Gasteiger partial charge on any atom is 0.110 e. The fraction of sp³-hybridized carbons (Fsp3) is 1.00. The van der Waals surface area contributed by atoms with Crippen LogP contribution in [0.1, 0.15) is 51.9 Å². The first-order chi connectivity index (χ1) is 9.56. The first-order valence-electron chi connectivity index (χ1n) is 8.01. The highest BCUT2D eigenvalue weighted by Crippen LogP contribution is 2.15. The lowest BCUT2D eigenvalue weighted by atomic mass is 10.1. The van der Waals surface area contributed by atoms with Gasteiger partial charge in [0.1, 0.15) is 12.2 Å². The minimum Gasteiger partial charge on any atom is -0.389 e. The molecule has 0 aromatic rings. The number of hydrogen-bond donors (Lipinski definition) is 4. The van der Waals surface area contributed by atoms with Gasteiger partial charge < -0.3 is 20.4 Å². The Morgan fingerprint density at radius 2 is 1.20 bits per heavy atom. The Balaban J connectivity index is 2.19. The number of nitrogens with zero attached hydrogens (tertiary/aromatic N) is 1. The summed E-state index contributed by atoms with van der Waals surface area (Å²) in [7, 11) is 0. The Morgan fingerprint density at radius 3 is 1.70 bits per heavy atom. The number of unbranched alkanes of at least 4 members (excludes halogenated alkanes) is 6. The molecule has 5 heteroatoms. The third-order valence-electron chi connectivity index (χ3n) is 4.11. The summed E-state index contributed by atoms with van der Waals surface area (Å²) in [5.41, 5.74) is 0. The fourth-order valence-corrected chi connectivity index (χ4v) is 2.75. The molecule has 1 aliphatic rings. The van der Waals surface area contributed by atoms with Gasteiger partial charge in [-0.25, -0.2) is 0 Å². The zero-order valence-corrected chi connectivity index (χ0v) is 12.6. The van der Waals surface area contributed by atoms with Gasteiger partial charge in [-0.1, -0.05) is 45.4 Å². The molecule has 4 atom stereocenters. The molecule has 0 spiro atoms. The third kappa shape index (κ3) is 6.06. The second-order valence-corrected chi connectivity index (χ2v) is 6.00. The van der Waals surface area contributed by atoms with Crippen molar-refractivity contribution in [2.45, 2.75) is 76.3 Å². The Morgan fingerprint density at radius 1 is 0.750 bits per heavy atom. The molecule has 0 aliphatic carbocycles. The highest BCUT2D eigenvalue weighted by atomic mass is 16.4. The molecule has 0 radical (unpaired) electrons. The van der Waals surface area contributed by atoms with Crippen LogP contribution < -0.4 is 0 Å². The predicted molar refractivity (Wildman–Crippen MR) is 78.5 cm³/mol. The summed E-state index contributed by atoms with van der Waals surface area (Å²) in [6, 6.07) is 0. The van der Waals surface area contributed by atoms with E-state index in [4.69, 9.17) is 0 Å². The molecule has 1 heterocycles. The maximum atomic E-state index is 9.75. The van der Waals surface area contributed by atoms with Gasteiger partial charge in [-0.3, -0.25) is 4.90 Å². The average Bonchev–Trinajstić information content (AvgIpc) is 2.51. The summed E-state index contributed by atoms with van der Waals surface area (Å²) >= 11 is 0. The molecule has 0 aromatic carbocycles. The van der Waals surface area contributed by atoms with Crippen LogP contribution >= 0.6 is 0 Å². The second kappa shape index (κ2) is 9.68. The first kappa shape index (κ1) is 17.9. The van der Waals surface area contributed by atoms with E-state index in [-0.39, 0.29) is 0 Å². The van der Waals surface area contributed by atoms with Crippen LogP contribution in [0, 0.1) is 0 Å². The van der Waals surface area contributed by atoms with Gasteiger partial charge >= 0.3 is 0 Å². The SMILES string of the molecule is CCCCCCCCCN1C[C@@H](O)[C@@H](O)[C@H](O)[C@H](O)C1. The van der Waals surface area contributed by atoms with E-state index in [0.29, 0.717) is 13.1 Å². The predicted octanol–water partition coefficient (Wildman–Crippen LogP) is 0.496. The number of β-amino-alcohol motifs (C(OH)–C–C–N with tert-alkyl or cyclic N) is 2. The number of hydrogen-bond acceptors (Lipinski definition) is 5. The topological polar surface area (TPSA) is 84.2 Å². The van der Waals surface area contributed by atoms with Crippen molar-refractivity contribution in [1.29, 1.82) is 0 Å². The number of aliphatic hydroxyl groups is 4. The van der Waals surface area contributed by atoms with Crippen LogP contribution in [0.3, 0.4) is 0 Å². The quantitative estimate of drug-likeness (QED) is 0.489. The van der Waals surface area contributed by atoms with Crippen LogP contribution in [0.4, 0.5) is 0 Å². The molecule has 1 aliphatic heterocycles. The van der Waals surface area contributed by atoms with Gasteiger partial charge in [0.2, 0.25) is 0 Å². The molecule has 5 nitrogen and oxygen atoms in total. The van der Waals surface area contributed by atoms with Gasteiger partial charge in [-0.15, -0.1) is 0 Å². The summed E-state index contributed by atoms with van der Waals surface area (Å²) in [5, 5.41) is 38.7. The van der Waals surface area contributed by atoms with Gasteiger partial charge in [0, 0.05) is 13.1 Å². The van der Waals surface area contributed by atoms with Crippen LogP contribution in [0.5, 0.6) is 0 Å². The summed E-state index contributed by atoms with van der Waals surface area (Å²) in [6.45, 7) is 3.62. The van der Waals surface area contributed by atoms with Crippen LogP contribution in [0.15, 0.2) is 0 Å². The van der Waals surface area contributed by atoms with E-state index in [1.54, 1.807) is 0 Å². The second-order valence-electron chi connectivity index (χ2n) is 6.00. The Kier molecular flexibility index (Phi) is 8.64. The lowest BCUT2D eigenvalue weighted by molar-refractivity contribution is -0.0894. The maximum absolute atomic E-state index is 9.75. The van der Waals surface area contributed by atoms with E-state index in [9.17, 15) is 20.4 Å². The summed E-state index contributed by atoms with van der Waals surface area (Å²) < 4.78 is 0. The average molecular weight is 289 g/mol. The van der Waals surface area contributed by atoms with E-state index < -0.39 is 24.4 Å². The Bertz CT molecular complexity index is 236. The van der Waals surface area contributed by atoms with E-state index in [1.165, 1.54) is 32.1 Å². The molecule has 120 valence electrons. The Hall–Kier alpha value is -0.200. The zero-order chi connectivity index (χ0) is 15.0. The molecular formula is C15H31NO4. The largest absolute Gasteiger partial charge is 0.389 e. The van der Waals surface area contributed by atoms with Gasteiger partial charge in [0.25, 0.3) is 0 Å². The van der Waals surface area contributed by atoms with Crippen molar-refractivity contribution in [2.24, 2.45) is 0 Å². The van der Waals surface area contributed by atoms with Crippen LogP contribution in [-0.4, -0.2) is 69.4 Å². The lowest BCUT2D eigenvalue weighted by Gasteiger charge is -2.23. The zero-order valence-electron chi connectivity index (χ0n) is 12.6. The van der Waals surface area contributed by atoms with Crippen molar-refractivity contribution in [3.63, 3.8) is 0 Å². The van der Waals surface area contributed by atoms with Crippen molar-refractivity contribution in [2.75, 3.05) is 19.6 Å². The summed E-state index contributed by atoms with van der Waals surface area (Å²) in [4.78, 5) is 1.93. The smallest absolute Gasteiger partial charge is 0.110 e. The third-order valence-corrected chi connectivity index (χ3v) is 4.11. The number of likely N-dealkylation sites (tertiary alicyclic amines) is 1. The minimum atomic E-state index is -1.26. The highest BCUT2D eigenvalue weighted by molar-refractivity contribution is 4.88. The van der Waals surface area contributed by atoms with Crippen LogP contribution in [0.2, 0.25) is 0 Å².